The molecule has 0 unspecified atom stereocenters. The number of carbonyl (C=O) groups excluding carboxylic acids is 1. The van der Waals surface area contributed by atoms with E-state index in [1.165, 1.54) is 25.3 Å². The van der Waals surface area contributed by atoms with Crippen molar-refractivity contribution in [3.8, 4) is 5.75 Å². The molecule has 32 heavy (non-hydrogen) atoms. The summed E-state index contributed by atoms with van der Waals surface area (Å²) in [6.07, 6.45) is 1.02. The van der Waals surface area contributed by atoms with Crippen LogP contribution in [0.2, 0.25) is 0 Å². The van der Waals surface area contributed by atoms with Crippen LogP contribution in [0.25, 0.3) is 0 Å². The van der Waals surface area contributed by atoms with Crippen molar-refractivity contribution >= 4 is 37.3 Å². The first-order valence-corrected chi connectivity index (χ1v) is 13.1. The van der Waals surface area contributed by atoms with Crippen molar-refractivity contribution in [1.82, 2.24) is 4.72 Å². The molecule has 2 aromatic carbocycles. The quantitative estimate of drug-likeness (QED) is 0.565. The summed E-state index contributed by atoms with van der Waals surface area (Å²) >= 11 is 0. The van der Waals surface area contributed by atoms with E-state index in [1.807, 2.05) is 13.0 Å². The summed E-state index contributed by atoms with van der Waals surface area (Å²) in [5, 5.41) is 2.57. The molecule has 176 valence electrons. The van der Waals surface area contributed by atoms with Crippen LogP contribution >= 0.6 is 0 Å². The Morgan fingerprint density at radius 3 is 2.25 bits per heavy atom. The first-order valence-electron chi connectivity index (χ1n) is 9.80. The Morgan fingerprint density at radius 2 is 1.72 bits per heavy atom. The average molecular weight is 484 g/mol. The zero-order chi connectivity index (χ0) is 24.3. The zero-order valence-electron chi connectivity index (χ0n) is 19.0. The highest BCUT2D eigenvalue weighted by atomic mass is 32.2. The summed E-state index contributed by atoms with van der Waals surface area (Å²) in [5.41, 5.74) is 2.16. The smallest absolute Gasteiger partial charge is 0.245 e. The first kappa shape index (κ1) is 25.6. The monoisotopic (exact) mass is 483 g/mol. The van der Waals surface area contributed by atoms with Crippen LogP contribution < -0.4 is 19.1 Å². The largest absolute Gasteiger partial charge is 0.495 e. The van der Waals surface area contributed by atoms with Crippen molar-refractivity contribution in [3.63, 3.8) is 0 Å². The maximum absolute atomic E-state index is 12.8. The van der Waals surface area contributed by atoms with Crippen LogP contribution in [0, 0.1) is 13.8 Å². The van der Waals surface area contributed by atoms with E-state index in [2.05, 4.69) is 10.0 Å². The Labute approximate surface area is 189 Å². The van der Waals surface area contributed by atoms with Gasteiger partial charge in [-0.3, -0.25) is 9.10 Å². The Bertz CT molecular complexity index is 1210. The van der Waals surface area contributed by atoms with E-state index in [1.54, 1.807) is 32.9 Å². The molecule has 0 atom stereocenters. The van der Waals surface area contributed by atoms with Crippen molar-refractivity contribution in [3.05, 3.63) is 47.5 Å². The molecule has 2 aromatic rings. The number of amides is 1. The Hall–Kier alpha value is -2.63. The van der Waals surface area contributed by atoms with Gasteiger partial charge in [0.15, 0.2) is 0 Å². The van der Waals surface area contributed by atoms with E-state index < -0.39 is 32.5 Å². The minimum Gasteiger partial charge on any atom is -0.495 e. The maximum atomic E-state index is 12.8. The number of ether oxygens (including phenoxy) is 1. The molecule has 1 amide bonds. The Kier molecular flexibility index (Phi) is 7.92. The lowest BCUT2D eigenvalue weighted by Gasteiger charge is -2.24. The standard InChI is InChI=1S/C21H29N3O6S2/c1-14(2)23-32(28,29)17-8-10-20(30-5)18(12-17)22-21(25)13-24(31(6,26)27)19-9-7-15(3)11-16(19)4/h7-12,14,23H,13H2,1-6H3,(H,22,25). The van der Waals surface area contributed by atoms with Crippen molar-refractivity contribution in [2.24, 2.45) is 0 Å². The molecule has 0 aliphatic heterocycles. The van der Waals surface area contributed by atoms with E-state index in [4.69, 9.17) is 4.74 Å². The normalized spacial score (nSPS) is 12.0. The highest BCUT2D eigenvalue weighted by Gasteiger charge is 2.24. The van der Waals surface area contributed by atoms with Gasteiger partial charge in [0.25, 0.3) is 0 Å². The van der Waals surface area contributed by atoms with Crippen molar-refractivity contribution in [1.29, 1.82) is 0 Å². The maximum Gasteiger partial charge on any atom is 0.245 e. The van der Waals surface area contributed by atoms with Crippen molar-refractivity contribution < 1.29 is 26.4 Å². The van der Waals surface area contributed by atoms with Crippen LogP contribution in [0.4, 0.5) is 11.4 Å². The van der Waals surface area contributed by atoms with Gasteiger partial charge in [-0.05, 0) is 57.5 Å². The SMILES string of the molecule is COc1ccc(S(=O)(=O)NC(C)C)cc1NC(=O)CN(c1ccc(C)cc1C)S(C)(=O)=O. The number of anilines is 2. The molecular weight excluding hydrogens is 454 g/mol. The Balaban J connectivity index is 2.37. The van der Waals surface area contributed by atoms with E-state index in [-0.39, 0.29) is 22.4 Å². The van der Waals surface area contributed by atoms with Crippen LogP contribution in [-0.2, 0) is 24.8 Å². The molecule has 2 rings (SSSR count). The summed E-state index contributed by atoms with van der Waals surface area (Å²) in [4.78, 5) is 12.7. The third-order valence-corrected chi connectivity index (χ3v) is 7.24. The first-order chi connectivity index (χ1) is 14.7. The van der Waals surface area contributed by atoms with Gasteiger partial charge in [-0.25, -0.2) is 21.6 Å². The molecule has 0 saturated carbocycles. The molecule has 9 nitrogen and oxygen atoms in total. The van der Waals surface area contributed by atoms with Gasteiger partial charge in [-0.15, -0.1) is 0 Å². The fraction of sp³-hybridized carbons (Fsp3) is 0.381. The lowest BCUT2D eigenvalue weighted by molar-refractivity contribution is -0.114. The summed E-state index contributed by atoms with van der Waals surface area (Å²) in [7, 11) is -6.19. The number of sulfonamides is 2. The van der Waals surface area contributed by atoms with Gasteiger partial charge in [0.1, 0.15) is 12.3 Å². The lowest BCUT2D eigenvalue weighted by atomic mass is 10.1. The number of hydrogen-bond donors (Lipinski definition) is 2. The number of aryl methyl sites for hydroxylation is 2. The molecule has 0 saturated heterocycles. The van der Waals surface area contributed by atoms with Crippen LogP contribution in [0.5, 0.6) is 5.75 Å². The molecule has 0 aliphatic carbocycles. The van der Waals surface area contributed by atoms with E-state index >= 15 is 0 Å². The summed E-state index contributed by atoms with van der Waals surface area (Å²) in [6, 6.07) is 8.96. The van der Waals surface area contributed by atoms with Gasteiger partial charge in [0.05, 0.1) is 29.6 Å². The number of benzene rings is 2. The summed E-state index contributed by atoms with van der Waals surface area (Å²) in [5.74, 6) is -0.417. The highest BCUT2D eigenvalue weighted by molar-refractivity contribution is 7.92. The average Bonchev–Trinajstić information content (AvgIpc) is 2.64. The van der Waals surface area contributed by atoms with Gasteiger partial charge in [0.2, 0.25) is 26.0 Å². The zero-order valence-corrected chi connectivity index (χ0v) is 20.6. The number of nitrogens with zero attached hydrogens (tertiary/aromatic N) is 1. The molecule has 0 radical (unpaired) electrons. The lowest BCUT2D eigenvalue weighted by Crippen LogP contribution is -2.38. The third kappa shape index (κ3) is 6.44. The molecule has 0 aliphatic rings. The van der Waals surface area contributed by atoms with E-state index in [0.717, 1.165) is 16.1 Å². The van der Waals surface area contributed by atoms with E-state index in [0.29, 0.717) is 11.3 Å². The van der Waals surface area contributed by atoms with Crippen LogP contribution in [-0.4, -0.2) is 48.7 Å². The van der Waals surface area contributed by atoms with Gasteiger partial charge in [0, 0.05) is 6.04 Å². The molecule has 0 fully saturated rings. The van der Waals surface area contributed by atoms with Gasteiger partial charge in [-0.2, -0.15) is 0 Å². The number of rotatable bonds is 9. The molecular formula is C21H29N3O6S2. The van der Waals surface area contributed by atoms with Gasteiger partial charge < -0.3 is 10.1 Å². The van der Waals surface area contributed by atoms with Crippen molar-refractivity contribution in [2.75, 3.05) is 29.5 Å². The second-order valence-electron chi connectivity index (χ2n) is 7.75. The topological polar surface area (TPSA) is 122 Å². The van der Waals surface area contributed by atoms with E-state index in [9.17, 15) is 21.6 Å². The van der Waals surface area contributed by atoms with Crippen molar-refractivity contribution in [2.45, 2.75) is 38.6 Å². The Morgan fingerprint density at radius 1 is 1.06 bits per heavy atom. The summed E-state index contributed by atoms with van der Waals surface area (Å²) in [6.45, 7) is 6.54. The van der Waals surface area contributed by atoms with Crippen LogP contribution in [0.15, 0.2) is 41.3 Å². The molecule has 0 aromatic heterocycles. The van der Waals surface area contributed by atoms with Crippen LogP contribution in [0.3, 0.4) is 0 Å². The molecule has 0 heterocycles. The highest BCUT2D eigenvalue weighted by Crippen LogP contribution is 2.28. The second kappa shape index (κ2) is 9.88. The molecule has 0 bridgehead atoms. The fourth-order valence-electron chi connectivity index (χ4n) is 3.12. The third-order valence-electron chi connectivity index (χ3n) is 4.45. The second-order valence-corrected chi connectivity index (χ2v) is 11.4. The minimum atomic E-state index is -3.80. The van der Waals surface area contributed by atoms with Gasteiger partial charge in [-0.1, -0.05) is 17.7 Å². The molecule has 11 heteroatoms. The molecule has 0 spiro atoms. The summed E-state index contributed by atoms with van der Waals surface area (Å²) < 4.78 is 58.5. The fourth-order valence-corrected chi connectivity index (χ4v) is 5.31. The predicted octanol–water partition coefficient (Wildman–Crippen LogP) is 2.40. The number of hydrogen-bond acceptors (Lipinski definition) is 6. The molecule has 2 N–H and O–H groups in total. The minimum absolute atomic E-state index is 0.0587. The number of carbonyl (C=O) groups is 1. The predicted molar refractivity (Wildman–Crippen MR) is 125 cm³/mol. The number of nitrogens with one attached hydrogen (secondary N) is 2. The van der Waals surface area contributed by atoms with Crippen LogP contribution in [0.1, 0.15) is 25.0 Å². The number of methoxy groups -OCH3 is 1. The van der Waals surface area contributed by atoms with Gasteiger partial charge >= 0.3 is 0 Å².